The largest absolute Gasteiger partial charge is 0.502 e. The Morgan fingerprint density at radius 3 is 2.62 bits per heavy atom. The number of benzene rings is 1. The van der Waals surface area contributed by atoms with Crippen LogP contribution in [0.2, 0.25) is 0 Å². The fourth-order valence-corrected chi connectivity index (χ4v) is 9.19. The Bertz CT molecular complexity index is 1510. The van der Waals surface area contributed by atoms with Crippen molar-refractivity contribution < 1.29 is 49.3 Å². The number of nitro groups is 1. The van der Waals surface area contributed by atoms with Crippen LogP contribution in [0.5, 0.6) is 5.75 Å². The molecule has 1 aromatic carbocycles. The highest BCUT2D eigenvalue weighted by molar-refractivity contribution is 5.96. The number of nitrogens with zero attached hydrogens (tertiary/aromatic N) is 2. The van der Waals surface area contributed by atoms with E-state index >= 15 is 0 Å². The third-order valence-corrected chi connectivity index (χ3v) is 11.5. The van der Waals surface area contributed by atoms with Gasteiger partial charge in [0.25, 0.3) is 5.91 Å². The highest BCUT2D eigenvalue weighted by Gasteiger charge is 2.68. The van der Waals surface area contributed by atoms with E-state index in [1.807, 2.05) is 13.0 Å². The lowest BCUT2D eigenvalue weighted by Gasteiger charge is -2.60. The van der Waals surface area contributed by atoms with Crippen LogP contribution in [0.25, 0.3) is 0 Å². The number of phenols is 1. The van der Waals surface area contributed by atoms with Crippen molar-refractivity contribution in [1.82, 2.24) is 5.32 Å². The minimum atomic E-state index is -1.64. The second kappa shape index (κ2) is 13.0. The summed E-state index contributed by atoms with van der Waals surface area (Å²) in [6.45, 7) is 2.82. The fourth-order valence-electron chi connectivity index (χ4n) is 9.19. The van der Waals surface area contributed by atoms with E-state index in [4.69, 9.17) is 9.57 Å². The molecule has 0 unspecified atom stereocenters. The minimum absolute atomic E-state index is 0.0460. The van der Waals surface area contributed by atoms with Crippen LogP contribution in [-0.4, -0.2) is 86.8 Å². The number of ketones is 1. The number of aliphatic hydroxyl groups is 3. The number of aliphatic hydroxyl groups excluding tert-OH is 2. The minimum Gasteiger partial charge on any atom is -0.502 e. The Balaban J connectivity index is 1.23. The standard InChI is InChI=1S/C33H43N3O11/c1-31-10-8-20(35-47-17-28(41)34-23(30(42)46-3)12-18-4-7-25(38)24(13-18)36(44)45)14-19(31)5-6-21-22-9-11-33(43,27(40)16-37)32(22,2)15-26(39)29(21)31/h4,7,13-14,21-23,26,29,37-39,43H,5-6,8-12,15-17H2,1-3H3,(H,34,41)/b35-20+/t21-,22-,23-,26-,29+,31-,32-,33-/m0/s1. The molecule has 1 aromatic rings. The zero-order chi connectivity index (χ0) is 34.3. The zero-order valence-corrected chi connectivity index (χ0v) is 26.8. The molecule has 0 aliphatic heterocycles. The smallest absolute Gasteiger partial charge is 0.328 e. The van der Waals surface area contributed by atoms with Crippen LogP contribution in [0.3, 0.4) is 0 Å². The average molecular weight is 658 g/mol. The molecule has 1 amide bonds. The topological polar surface area (TPSA) is 218 Å². The van der Waals surface area contributed by atoms with Gasteiger partial charge in [-0.05, 0) is 85.8 Å². The Morgan fingerprint density at radius 2 is 1.94 bits per heavy atom. The molecule has 14 nitrogen and oxygen atoms in total. The first-order valence-electron chi connectivity index (χ1n) is 16.0. The van der Waals surface area contributed by atoms with Crippen molar-refractivity contribution in [3.63, 3.8) is 0 Å². The molecule has 5 rings (SSSR count). The number of ether oxygens (including phenoxy) is 1. The van der Waals surface area contributed by atoms with E-state index in [1.165, 1.54) is 6.07 Å². The number of oxime groups is 1. The van der Waals surface area contributed by atoms with Gasteiger partial charge < -0.3 is 35.3 Å². The van der Waals surface area contributed by atoms with E-state index in [0.29, 0.717) is 30.5 Å². The molecule has 47 heavy (non-hydrogen) atoms. The summed E-state index contributed by atoms with van der Waals surface area (Å²) in [5.74, 6) is -2.42. The molecule has 4 aliphatic carbocycles. The highest BCUT2D eigenvalue weighted by Crippen LogP contribution is 2.67. The predicted molar refractivity (Wildman–Crippen MR) is 166 cm³/mol. The second-order valence-electron chi connectivity index (χ2n) is 13.9. The van der Waals surface area contributed by atoms with Gasteiger partial charge in [0.15, 0.2) is 18.1 Å². The number of phenolic OH excluding ortho intramolecular Hbond substituents is 1. The van der Waals surface area contributed by atoms with Crippen molar-refractivity contribution in [3.8, 4) is 5.75 Å². The lowest BCUT2D eigenvalue weighted by Crippen LogP contribution is -2.62. The van der Waals surface area contributed by atoms with Crippen LogP contribution in [-0.2, 0) is 30.4 Å². The first-order valence-corrected chi connectivity index (χ1v) is 16.0. The molecule has 4 aliphatic rings. The lowest BCUT2D eigenvalue weighted by atomic mass is 9.45. The van der Waals surface area contributed by atoms with E-state index in [2.05, 4.69) is 17.4 Å². The van der Waals surface area contributed by atoms with Gasteiger partial charge in [-0.2, -0.15) is 0 Å². The van der Waals surface area contributed by atoms with Gasteiger partial charge in [0.1, 0.15) is 18.2 Å². The number of esters is 1. The van der Waals surface area contributed by atoms with Gasteiger partial charge in [-0.15, -0.1) is 0 Å². The van der Waals surface area contributed by atoms with Crippen LogP contribution >= 0.6 is 0 Å². The van der Waals surface area contributed by atoms with Gasteiger partial charge in [0.05, 0.1) is 23.8 Å². The summed E-state index contributed by atoms with van der Waals surface area (Å²) < 4.78 is 4.78. The number of carbonyl (C=O) groups excluding carboxylic acids is 3. The molecule has 0 bridgehead atoms. The molecule has 14 heteroatoms. The number of Topliss-reactive ketones (excluding diaryl/α,β-unsaturated/α-hetero) is 1. The number of methoxy groups -OCH3 is 1. The first-order chi connectivity index (χ1) is 22.2. The average Bonchev–Trinajstić information content (AvgIpc) is 3.30. The number of allylic oxidation sites excluding steroid dienone is 2. The molecule has 256 valence electrons. The third-order valence-electron chi connectivity index (χ3n) is 11.5. The van der Waals surface area contributed by atoms with Crippen molar-refractivity contribution in [2.75, 3.05) is 20.3 Å². The molecule has 0 heterocycles. The molecular weight excluding hydrogens is 614 g/mol. The zero-order valence-electron chi connectivity index (χ0n) is 26.8. The number of rotatable bonds is 10. The molecule has 0 radical (unpaired) electrons. The van der Waals surface area contributed by atoms with Crippen LogP contribution in [0.15, 0.2) is 35.0 Å². The highest BCUT2D eigenvalue weighted by atomic mass is 16.6. The predicted octanol–water partition coefficient (Wildman–Crippen LogP) is 2.10. The number of hydrogen-bond acceptors (Lipinski definition) is 12. The van der Waals surface area contributed by atoms with Crippen LogP contribution in [0.4, 0.5) is 5.69 Å². The molecule has 3 saturated carbocycles. The summed E-state index contributed by atoms with van der Waals surface area (Å²) in [7, 11) is 1.15. The molecule has 0 spiro atoms. The molecule has 3 fully saturated rings. The van der Waals surface area contributed by atoms with Crippen LogP contribution in [0.1, 0.15) is 64.4 Å². The number of aromatic hydroxyl groups is 1. The summed E-state index contributed by atoms with van der Waals surface area (Å²) in [6.07, 6.45) is 5.09. The van der Waals surface area contributed by atoms with Crippen molar-refractivity contribution in [2.24, 2.45) is 33.7 Å². The van der Waals surface area contributed by atoms with Gasteiger partial charge in [-0.25, -0.2) is 4.79 Å². The lowest BCUT2D eigenvalue weighted by molar-refractivity contribution is -0.385. The van der Waals surface area contributed by atoms with Crippen molar-refractivity contribution >= 4 is 29.1 Å². The SMILES string of the molecule is COC(=O)[C@H](Cc1ccc(O)c([N+](=O)[O-])c1)NC(=O)CO/N=C1/C=C2CC[C@@H]3[C@H]([C@@H](O)C[C@@]4(C)[C@H]3CC[C@]4(O)C(=O)CO)[C@@]2(C)CC1. The normalized spacial score (nSPS) is 34.3. The Labute approximate surface area is 272 Å². The number of carbonyl (C=O) groups is 3. The molecule has 5 N–H and O–H groups in total. The van der Waals surface area contributed by atoms with Gasteiger partial charge in [-0.3, -0.25) is 19.7 Å². The number of fused-ring (bicyclic) bond motifs is 5. The summed E-state index contributed by atoms with van der Waals surface area (Å²) in [5, 5.41) is 60.1. The number of nitro benzene ring substituents is 1. The summed E-state index contributed by atoms with van der Waals surface area (Å²) >= 11 is 0. The molecule has 0 saturated heterocycles. The second-order valence-corrected chi connectivity index (χ2v) is 13.9. The first kappa shape index (κ1) is 34.5. The Hall–Kier alpha value is -3.88. The van der Waals surface area contributed by atoms with Gasteiger partial charge in [-0.1, -0.05) is 30.6 Å². The van der Waals surface area contributed by atoms with E-state index in [1.54, 1.807) is 0 Å². The van der Waals surface area contributed by atoms with Gasteiger partial charge in [0, 0.05) is 17.9 Å². The van der Waals surface area contributed by atoms with E-state index < -0.39 is 70.4 Å². The van der Waals surface area contributed by atoms with Crippen molar-refractivity contribution in [2.45, 2.75) is 83.0 Å². The van der Waals surface area contributed by atoms with Crippen molar-refractivity contribution in [3.05, 3.63) is 45.5 Å². The summed E-state index contributed by atoms with van der Waals surface area (Å²) in [4.78, 5) is 53.4. The van der Waals surface area contributed by atoms with Crippen molar-refractivity contribution in [1.29, 1.82) is 0 Å². The maximum atomic E-state index is 12.7. The molecule has 0 aromatic heterocycles. The van der Waals surface area contributed by atoms with Crippen LogP contribution < -0.4 is 5.32 Å². The fraction of sp³-hybridized carbons (Fsp3) is 0.636. The summed E-state index contributed by atoms with van der Waals surface area (Å²) in [6, 6.07) is 2.50. The van der Waals surface area contributed by atoms with E-state index in [0.717, 1.165) is 37.7 Å². The Kier molecular flexibility index (Phi) is 9.50. The van der Waals surface area contributed by atoms with Crippen LogP contribution in [0, 0.1) is 38.7 Å². The molecular formula is C33H43N3O11. The van der Waals surface area contributed by atoms with Gasteiger partial charge in [0.2, 0.25) is 0 Å². The maximum absolute atomic E-state index is 12.7. The number of amides is 1. The maximum Gasteiger partial charge on any atom is 0.328 e. The third kappa shape index (κ3) is 6.02. The van der Waals surface area contributed by atoms with E-state index in [9.17, 15) is 44.9 Å². The quantitative estimate of drug-likeness (QED) is 0.139. The van der Waals surface area contributed by atoms with Gasteiger partial charge >= 0.3 is 11.7 Å². The number of nitrogens with one attached hydrogen (secondary N) is 1. The molecule has 8 atom stereocenters. The van der Waals surface area contributed by atoms with E-state index in [-0.39, 0.29) is 42.4 Å². The monoisotopic (exact) mass is 657 g/mol. The Morgan fingerprint density at radius 1 is 1.19 bits per heavy atom. The number of hydrogen-bond donors (Lipinski definition) is 5. The summed E-state index contributed by atoms with van der Waals surface area (Å²) in [5.41, 5.74) is -1.20.